The van der Waals surface area contributed by atoms with Gasteiger partial charge in [0.05, 0.1) is 17.7 Å². The highest BCUT2D eigenvalue weighted by atomic mass is 32.1. The lowest BCUT2D eigenvalue weighted by Gasteiger charge is -2.22. The van der Waals surface area contributed by atoms with Crippen LogP contribution in [-0.4, -0.2) is 30.8 Å². The zero-order chi connectivity index (χ0) is 9.10. The average molecular weight is 198 g/mol. The molecule has 1 aliphatic heterocycles. The van der Waals surface area contributed by atoms with Crippen molar-refractivity contribution >= 4 is 11.3 Å². The van der Waals surface area contributed by atoms with Crippen LogP contribution < -0.4 is 5.32 Å². The molecular weight excluding hydrogens is 184 g/mol. The Hall–Kier alpha value is -0.450. The van der Waals surface area contributed by atoms with Gasteiger partial charge in [-0.1, -0.05) is 0 Å². The van der Waals surface area contributed by atoms with E-state index in [1.807, 2.05) is 6.92 Å². The molecule has 0 aromatic carbocycles. The monoisotopic (exact) mass is 198 g/mol. The molecule has 1 aliphatic rings. The molecule has 0 saturated carbocycles. The summed E-state index contributed by atoms with van der Waals surface area (Å²) in [5.74, 6) is 0. The fourth-order valence-electron chi connectivity index (χ4n) is 1.44. The summed E-state index contributed by atoms with van der Waals surface area (Å²) in [6, 6.07) is 0. The van der Waals surface area contributed by atoms with Gasteiger partial charge in [-0.2, -0.15) is 0 Å². The van der Waals surface area contributed by atoms with Crippen LogP contribution in [0.2, 0.25) is 0 Å². The van der Waals surface area contributed by atoms with E-state index in [0.717, 1.165) is 31.8 Å². The van der Waals surface area contributed by atoms with Crippen molar-refractivity contribution in [2.75, 3.05) is 19.7 Å². The summed E-state index contributed by atoms with van der Waals surface area (Å²) in [6.45, 7) is 4.79. The summed E-state index contributed by atoms with van der Waals surface area (Å²) in [4.78, 5) is 4.42. The molecule has 0 radical (unpaired) electrons. The van der Waals surface area contributed by atoms with Crippen molar-refractivity contribution in [3.8, 4) is 0 Å². The van der Waals surface area contributed by atoms with Crippen molar-refractivity contribution in [1.82, 2.24) is 10.3 Å². The van der Waals surface area contributed by atoms with E-state index in [0.29, 0.717) is 6.10 Å². The van der Waals surface area contributed by atoms with Gasteiger partial charge in [-0.25, -0.2) is 4.98 Å². The maximum atomic E-state index is 5.60. The Labute approximate surface area is 82.1 Å². The third kappa shape index (κ3) is 2.49. The van der Waals surface area contributed by atoms with Crippen LogP contribution >= 0.6 is 11.3 Å². The Balaban J connectivity index is 1.89. The molecule has 0 aliphatic carbocycles. The number of thiazole rings is 1. The Morgan fingerprint density at radius 2 is 2.69 bits per heavy atom. The Kier molecular flexibility index (Phi) is 2.93. The Morgan fingerprint density at radius 1 is 1.77 bits per heavy atom. The molecule has 13 heavy (non-hydrogen) atoms. The maximum absolute atomic E-state index is 5.60. The predicted octanol–water partition coefficient (Wildman–Crippen LogP) is 0.982. The number of rotatable bonds is 2. The van der Waals surface area contributed by atoms with Crippen molar-refractivity contribution < 1.29 is 4.74 Å². The third-order valence-electron chi connectivity index (χ3n) is 2.07. The SMILES string of the molecule is Cc1csc(CC2CNCCO2)n1. The van der Waals surface area contributed by atoms with Crippen LogP contribution in [0.15, 0.2) is 5.38 Å². The van der Waals surface area contributed by atoms with E-state index in [-0.39, 0.29) is 0 Å². The molecular formula is C9H14N2OS. The summed E-state index contributed by atoms with van der Waals surface area (Å²) in [5, 5.41) is 6.59. The highest BCUT2D eigenvalue weighted by Gasteiger charge is 2.15. The minimum atomic E-state index is 0.319. The van der Waals surface area contributed by atoms with E-state index < -0.39 is 0 Å². The Morgan fingerprint density at radius 3 is 3.31 bits per heavy atom. The summed E-state index contributed by atoms with van der Waals surface area (Å²) in [7, 11) is 0. The molecule has 0 amide bonds. The van der Waals surface area contributed by atoms with Gasteiger partial charge in [0.1, 0.15) is 0 Å². The molecule has 4 heteroatoms. The van der Waals surface area contributed by atoms with Crippen molar-refractivity contribution in [3.05, 3.63) is 16.1 Å². The summed E-state index contributed by atoms with van der Waals surface area (Å²) in [5.41, 5.74) is 1.11. The number of nitrogens with one attached hydrogen (secondary N) is 1. The predicted molar refractivity (Wildman–Crippen MR) is 53.2 cm³/mol. The fraction of sp³-hybridized carbons (Fsp3) is 0.667. The van der Waals surface area contributed by atoms with E-state index >= 15 is 0 Å². The van der Waals surface area contributed by atoms with Crippen molar-refractivity contribution in [1.29, 1.82) is 0 Å². The number of hydrogen-bond acceptors (Lipinski definition) is 4. The Bertz CT molecular complexity index is 268. The van der Waals surface area contributed by atoms with E-state index in [1.54, 1.807) is 11.3 Å². The second kappa shape index (κ2) is 4.17. The van der Waals surface area contributed by atoms with Crippen LogP contribution in [0.4, 0.5) is 0 Å². The first-order valence-electron chi connectivity index (χ1n) is 4.58. The van der Waals surface area contributed by atoms with Gasteiger partial charge in [-0.3, -0.25) is 0 Å². The molecule has 1 aromatic heterocycles. The molecule has 72 valence electrons. The lowest BCUT2D eigenvalue weighted by molar-refractivity contribution is 0.0292. The lowest BCUT2D eigenvalue weighted by atomic mass is 10.2. The van der Waals surface area contributed by atoms with Gasteiger partial charge < -0.3 is 10.1 Å². The zero-order valence-electron chi connectivity index (χ0n) is 7.75. The zero-order valence-corrected chi connectivity index (χ0v) is 8.56. The largest absolute Gasteiger partial charge is 0.375 e. The van der Waals surface area contributed by atoms with Crippen LogP contribution in [0.25, 0.3) is 0 Å². The van der Waals surface area contributed by atoms with Gasteiger partial charge in [0, 0.05) is 30.6 Å². The summed E-state index contributed by atoms with van der Waals surface area (Å²) in [6.07, 6.45) is 1.27. The molecule has 2 heterocycles. The number of aromatic nitrogens is 1. The highest BCUT2D eigenvalue weighted by Crippen LogP contribution is 2.12. The minimum absolute atomic E-state index is 0.319. The van der Waals surface area contributed by atoms with Crippen LogP contribution in [0, 0.1) is 6.92 Å². The first-order chi connectivity index (χ1) is 6.34. The van der Waals surface area contributed by atoms with Gasteiger partial charge in [0.25, 0.3) is 0 Å². The molecule has 1 atom stereocenters. The van der Waals surface area contributed by atoms with Gasteiger partial charge >= 0.3 is 0 Å². The molecule has 1 N–H and O–H groups in total. The quantitative estimate of drug-likeness (QED) is 0.769. The van der Waals surface area contributed by atoms with Crippen LogP contribution in [0.5, 0.6) is 0 Å². The van der Waals surface area contributed by atoms with E-state index in [9.17, 15) is 0 Å². The van der Waals surface area contributed by atoms with Gasteiger partial charge in [0.15, 0.2) is 0 Å². The molecule has 1 fully saturated rings. The maximum Gasteiger partial charge on any atom is 0.0954 e. The molecule has 1 aromatic rings. The van der Waals surface area contributed by atoms with Gasteiger partial charge in [-0.05, 0) is 6.92 Å². The highest BCUT2D eigenvalue weighted by molar-refractivity contribution is 7.09. The van der Waals surface area contributed by atoms with Gasteiger partial charge in [-0.15, -0.1) is 11.3 Å². The smallest absolute Gasteiger partial charge is 0.0954 e. The molecule has 1 unspecified atom stereocenters. The van der Waals surface area contributed by atoms with E-state index in [2.05, 4.69) is 15.7 Å². The topological polar surface area (TPSA) is 34.1 Å². The summed E-state index contributed by atoms with van der Waals surface area (Å²) >= 11 is 1.72. The number of ether oxygens (including phenoxy) is 1. The molecule has 3 nitrogen and oxygen atoms in total. The third-order valence-corrected chi connectivity index (χ3v) is 3.06. The fourth-order valence-corrected chi connectivity index (χ4v) is 2.28. The van der Waals surface area contributed by atoms with Crippen LogP contribution in [0.3, 0.4) is 0 Å². The lowest BCUT2D eigenvalue weighted by Crippen LogP contribution is -2.39. The molecule has 0 bridgehead atoms. The number of hydrogen-bond donors (Lipinski definition) is 1. The van der Waals surface area contributed by atoms with E-state index in [1.165, 1.54) is 5.01 Å². The summed E-state index contributed by atoms with van der Waals surface area (Å²) < 4.78 is 5.60. The molecule has 0 spiro atoms. The van der Waals surface area contributed by atoms with Gasteiger partial charge in [0.2, 0.25) is 0 Å². The number of nitrogens with zero attached hydrogens (tertiary/aromatic N) is 1. The van der Waals surface area contributed by atoms with Crippen molar-refractivity contribution in [2.45, 2.75) is 19.4 Å². The number of aryl methyl sites for hydroxylation is 1. The van der Waals surface area contributed by atoms with Crippen molar-refractivity contribution in [2.24, 2.45) is 0 Å². The first kappa shape index (κ1) is 9.12. The molecule has 1 saturated heterocycles. The number of morpholine rings is 1. The first-order valence-corrected chi connectivity index (χ1v) is 5.46. The molecule has 2 rings (SSSR count). The second-order valence-corrected chi connectivity index (χ2v) is 4.23. The normalized spacial score (nSPS) is 23.3. The van der Waals surface area contributed by atoms with E-state index in [4.69, 9.17) is 4.74 Å². The van der Waals surface area contributed by atoms with Crippen molar-refractivity contribution in [3.63, 3.8) is 0 Å². The average Bonchev–Trinajstić information content (AvgIpc) is 2.53. The second-order valence-electron chi connectivity index (χ2n) is 3.28. The van der Waals surface area contributed by atoms with Crippen LogP contribution in [0.1, 0.15) is 10.7 Å². The minimum Gasteiger partial charge on any atom is -0.375 e. The standard InChI is InChI=1S/C9H14N2OS/c1-7-6-13-9(11-7)4-8-5-10-2-3-12-8/h6,8,10H,2-5H2,1H3. The van der Waals surface area contributed by atoms with Crippen LogP contribution in [-0.2, 0) is 11.2 Å².